The van der Waals surface area contributed by atoms with Gasteiger partial charge in [-0.1, -0.05) is 0 Å². The maximum Gasteiger partial charge on any atom is 0.401 e. The summed E-state index contributed by atoms with van der Waals surface area (Å²) in [5, 5.41) is 3.96. The molecule has 1 saturated heterocycles. The smallest absolute Gasteiger partial charge is 0.368 e. The standard InChI is InChI=1S/C12H16BrF3N4O/c1-18-11(21)10(13)9(7-17-18)20-4-2-3-19(5-6-20)8-12(14,15)16/h7H,2-6,8H2,1H3. The summed E-state index contributed by atoms with van der Waals surface area (Å²) >= 11 is 3.25. The highest BCUT2D eigenvalue weighted by Crippen LogP contribution is 2.23. The Labute approximate surface area is 128 Å². The number of alkyl halides is 3. The summed E-state index contributed by atoms with van der Waals surface area (Å²) in [4.78, 5) is 15.1. The van der Waals surface area contributed by atoms with Gasteiger partial charge in [-0.05, 0) is 22.4 Å². The maximum absolute atomic E-state index is 12.4. The molecule has 0 atom stereocenters. The van der Waals surface area contributed by atoms with Gasteiger partial charge in [0.1, 0.15) is 4.47 Å². The molecule has 0 saturated carbocycles. The first-order chi connectivity index (χ1) is 9.78. The molecule has 0 amide bonds. The summed E-state index contributed by atoms with van der Waals surface area (Å²) < 4.78 is 38.9. The van der Waals surface area contributed by atoms with Crippen LogP contribution in [0, 0.1) is 0 Å². The van der Waals surface area contributed by atoms with Crippen molar-refractivity contribution in [2.45, 2.75) is 12.6 Å². The topological polar surface area (TPSA) is 41.4 Å². The number of nitrogens with zero attached hydrogens (tertiary/aromatic N) is 4. The summed E-state index contributed by atoms with van der Waals surface area (Å²) in [6, 6.07) is 0. The molecule has 9 heteroatoms. The third kappa shape index (κ3) is 4.19. The van der Waals surface area contributed by atoms with Crippen LogP contribution in [-0.2, 0) is 7.05 Å². The highest BCUT2D eigenvalue weighted by atomic mass is 79.9. The van der Waals surface area contributed by atoms with Crippen LogP contribution in [0.5, 0.6) is 0 Å². The van der Waals surface area contributed by atoms with Gasteiger partial charge in [-0.15, -0.1) is 0 Å². The molecule has 1 aromatic heterocycles. The minimum Gasteiger partial charge on any atom is -0.368 e. The lowest BCUT2D eigenvalue weighted by Crippen LogP contribution is -2.37. The summed E-state index contributed by atoms with van der Waals surface area (Å²) in [5.41, 5.74) is 0.371. The lowest BCUT2D eigenvalue weighted by atomic mass is 10.3. The Morgan fingerprint density at radius 3 is 2.67 bits per heavy atom. The van der Waals surface area contributed by atoms with Crippen LogP contribution in [0.4, 0.5) is 18.9 Å². The minimum atomic E-state index is -4.18. The SMILES string of the molecule is Cn1ncc(N2CCCN(CC(F)(F)F)CC2)c(Br)c1=O. The molecule has 21 heavy (non-hydrogen) atoms. The molecule has 2 heterocycles. The summed E-state index contributed by atoms with van der Waals surface area (Å²) in [6.07, 6.45) is -2.01. The van der Waals surface area contributed by atoms with Gasteiger partial charge in [0.15, 0.2) is 0 Å². The van der Waals surface area contributed by atoms with E-state index >= 15 is 0 Å². The van der Waals surface area contributed by atoms with Gasteiger partial charge in [-0.2, -0.15) is 18.3 Å². The molecule has 1 aliphatic rings. The molecular weight excluding hydrogens is 353 g/mol. The number of hydrogen-bond acceptors (Lipinski definition) is 4. The summed E-state index contributed by atoms with van der Waals surface area (Å²) in [6.45, 7) is 0.842. The van der Waals surface area contributed by atoms with E-state index in [2.05, 4.69) is 21.0 Å². The molecule has 1 aliphatic heterocycles. The Balaban J connectivity index is 2.10. The Morgan fingerprint density at radius 1 is 1.29 bits per heavy atom. The van der Waals surface area contributed by atoms with Crippen molar-refractivity contribution in [3.63, 3.8) is 0 Å². The molecule has 0 radical (unpaired) electrons. The number of hydrogen-bond donors (Lipinski definition) is 0. The first-order valence-electron chi connectivity index (χ1n) is 6.54. The third-order valence-corrected chi connectivity index (χ3v) is 4.14. The summed E-state index contributed by atoms with van der Waals surface area (Å²) in [7, 11) is 1.55. The van der Waals surface area contributed by atoms with Crippen LogP contribution in [0.15, 0.2) is 15.5 Å². The zero-order valence-corrected chi connectivity index (χ0v) is 13.1. The highest BCUT2D eigenvalue weighted by Gasteiger charge is 2.31. The van der Waals surface area contributed by atoms with Crippen LogP contribution in [0.3, 0.4) is 0 Å². The van der Waals surface area contributed by atoms with E-state index in [1.807, 2.05) is 4.90 Å². The number of anilines is 1. The van der Waals surface area contributed by atoms with Crippen molar-refractivity contribution in [3.05, 3.63) is 21.0 Å². The van der Waals surface area contributed by atoms with E-state index < -0.39 is 12.7 Å². The highest BCUT2D eigenvalue weighted by molar-refractivity contribution is 9.10. The molecule has 2 rings (SSSR count). The van der Waals surface area contributed by atoms with Crippen LogP contribution in [-0.4, -0.2) is 53.6 Å². The van der Waals surface area contributed by atoms with E-state index in [9.17, 15) is 18.0 Å². The third-order valence-electron chi connectivity index (χ3n) is 3.39. The Morgan fingerprint density at radius 2 is 2.00 bits per heavy atom. The van der Waals surface area contributed by atoms with Gasteiger partial charge >= 0.3 is 6.18 Å². The number of rotatable bonds is 2. The van der Waals surface area contributed by atoms with Crippen LogP contribution in [0.2, 0.25) is 0 Å². The van der Waals surface area contributed by atoms with Crippen molar-refractivity contribution in [1.29, 1.82) is 0 Å². The van der Waals surface area contributed by atoms with E-state index in [0.29, 0.717) is 42.8 Å². The van der Waals surface area contributed by atoms with E-state index in [1.165, 1.54) is 9.58 Å². The van der Waals surface area contributed by atoms with Gasteiger partial charge in [0.2, 0.25) is 0 Å². The fourth-order valence-electron chi connectivity index (χ4n) is 2.35. The quantitative estimate of drug-likeness (QED) is 0.795. The van der Waals surface area contributed by atoms with Crippen LogP contribution >= 0.6 is 15.9 Å². The maximum atomic E-state index is 12.4. The van der Waals surface area contributed by atoms with Crippen molar-refractivity contribution >= 4 is 21.6 Å². The first-order valence-corrected chi connectivity index (χ1v) is 7.33. The molecule has 5 nitrogen and oxygen atoms in total. The second kappa shape index (κ2) is 6.35. The molecule has 1 aromatic rings. The summed E-state index contributed by atoms with van der Waals surface area (Å²) in [5.74, 6) is 0. The normalized spacial score (nSPS) is 17.9. The molecular formula is C12H16BrF3N4O. The van der Waals surface area contributed by atoms with E-state index in [1.54, 1.807) is 13.2 Å². The lowest BCUT2D eigenvalue weighted by molar-refractivity contribution is -0.145. The zero-order chi connectivity index (χ0) is 15.6. The van der Waals surface area contributed by atoms with Gasteiger partial charge in [0, 0.05) is 33.2 Å². The largest absolute Gasteiger partial charge is 0.401 e. The van der Waals surface area contributed by atoms with Crippen LogP contribution in [0.1, 0.15) is 6.42 Å². The van der Waals surface area contributed by atoms with E-state index in [0.717, 1.165) is 0 Å². The lowest BCUT2D eigenvalue weighted by Gasteiger charge is -2.24. The fraction of sp³-hybridized carbons (Fsp3) is 0.667. The predicted molar refractivity (Wildman–Crippen MR) is 76.5 cm³/mol. The molecule has 0 unspecified atom stereocenters. The number of halogens is 4. The molecule has 0 spiro atoms. The number of aryl methyl sites for hydroxylation is 1. The van der Waals surface area contributed by atoms with Gasteiger partial charge in [-0.3, -0.25) is 9.69 Å². The van der Waals surface area contributed by atoms with Crippen LogP contribution in [0.25, 0.3) is 0 Å². The van der Waals surface area contributed by atoms with Crippen molar-refractivity contribution in [2.24, 2.45) is 7.05 Å². The minimum absolute atomic E-state index is 0.260. The van der Waals surface area contributed by atoms with Crippen molar-refractivity contribution in [2.75, 3.05) is 37.6 Å². The zero-order valence-electron chi connectivity index (χ0n) is 11.5. The molecule has 0 N–H and O–H groups in total. The van der Waals surface area contributed by atoms with Crippen LogP contribution < -0.4 is 10.5 Å². The van der Waals surface area contributed by atoms with E-state index in [4.69, 9.17) is 0 Å². The van der Waals surface area contributed by atoms with Gasteiger partial charge in [0.05, 0.1) is 18.4 Å². The molecule has 118 valence electrons. The second-order valence-electron chi connectivity index (χ2n) is 5.00. The Kier molecular flexibility index (Phi) is 4.92. The average Bonchev–Trinajstić information content (AvgIpc) is 2.60. The molecule has 0 aromatic carbocycles. The van der Waals surface area contributed by atoms with Crippen molar-refractivity contribution in [3.8, 4) is 0 Å². The Bertz CT molecular complexity index is 560. The predicted octanol–water partition coefficient (Wildman–Crippen LogP) is 1.62. The molecule has 0 bridgehead atoms. The van der Waals surface area contributed by atoms with Crippen molar-refractivity contribution in [1.82, 2.24) is 14.7 Å². The molecule has 1 fully saturated rings. The van der Waals surface area contributed by atoms with Gasteiger partial charge in [0.25, 0.3) is 5.56 Å². The first kappa shape index (κ1) is 16.3. The van der Waals surface area contributed by atoms with Gasteiger partial charge in [-0.25, -0.2) is 4.68 Å². The average molecular weight is 369 g/mol. The van der Waals surface area contributed by atoms with E-state index in [-0.39, 0.29) is 5.56 Å². The van der Waals surface area contributed by atoms with Gasteiger partial charge < -0.3 is 4.90 Å². The molecule has 0 aliphatic carbocycles. The van der Waals surface area contributed by atoms with Crippen molar-refractivity contribution < 1.29 is 13.2 Å². The monoisotopic (exact) mass is 368 g/mol. The number of aromatic nitrogens is 2. The second-order valence-corrected chi connectivity index (χ2v) is 5.80. The fourth-order valence-corrected chi connectivity index (χ4v) is 2.96. The Hall–Kier alpha value is -1.09.